The first-order valence-electron chi connectivity index (χ1n) is 45.0. The zero-order chi connectivity index (χ0) is 77.8. The predicted octanol–water partition coefficient (Wildman–Crippen LogP) is 26.6. The van der Waals surface area contributed by atoms with Gasteiger partial charge >= 0.3 is 39.5 Å². The van der Waals surface area contributed by atoms with Gasteiger partial charge in [-0.15, -0.1) is 0 Å². The van der Waals surface area contributed by atoms with Crippen LogP contribution in [-0.2, 0) is 65.4 Å². The van der Waals surface area contributed by atoms with Crippen LogP contribution in [0.4, 0.5) is 0 Å². The Bertz CT molecular complexity index is 2030. The summed E-state index contributed by atoms with van der Waals surface area (Å²) in [6.45, 7) is 9.61. The van der Waals surface area contributed by atoms with Gasteiger partial charge in [-0.2, -0.15) is 0 Å². The van der Waals surface area contributed by atoms with E-state index in [2.05, 4.69) is 41.5 Å². The highest BCUT2D eigenvalue weighted by Gasteiger charge is 2.30. The summed E-state index contributed by atoms with van der Waals surface area (Å²) in [5.41, 5.74) is 0. The van der Waals surface area contributed by atoms with Gasteiger partial charge < -0.3 is 33.8 Å². The standard InChI is InChI=1S/C87H170O17P2/c1-7-9-11-13-15-17-19-21-23-25-27-28-29-30-32-34-39-43-47-51-59-65-71-86(91)103-82(75-97-84(89)69-63-57-50-46-42-38-33-31-26-24-22-20-18-16-14-12-10-8-2)77-101-105(93,94)99-73-81(88)74-100-106(95,96)102-78-83(76-98-85(90)70-64-58-54-53-56-62-68-80(5)6)104-87(92)72-66-60-52-48-44-40-36-35-37-41-45-49-55-61-67-79(3)4/h79-83,88H,7-78H2,1-6H3,(H,93,94)(H,95,96)/t81-,82-,83-/m1/s1. The van der Waals surface area contributed by atoms with Crippen molar-refractivity contribution in [2.75, 3.05) is 39.6 Å². The van der Waals surface area contributed by atoms with Gasteiger partial charge in [-0.1, -0.05) is 414 Å². The molecule has 0 heterocycles. The highest BCUT2D eigenvalue weighted by molar-refractivity contribution is 7.47. The minimum atomic E-state index is -4.97. The van der Waals surface area contributed by atoms with Gasteiger partial charge in [0.05, 0.1) is 26.4 Å². The Morgan fingerprint density at radius 3 is 0.642 bits per heavy atom. The molecule has 0 aromatic rings. The average Bonchev–Trinajstić information content (AvgIpc) is 0.918. The predicted molar refractivity (Wildman–Crippen MR) is 437 cm³/mol. The topological polar surface area (TPSA) is 237 Å². The van der Waals surface area contributed by atoms with Crippen LogP contribution in [-0.4, -0.2) is 96.7 Å². The van der Waals surface area contributed by atoms with Crippen molar-refractivity contribution in [2.24, 2.45) is 11.8 Å². The highest BCUT2D eigenvalue weighted by atomic mass is 31.2. The molecule has 0 aromatic carbocycles. The molecule has 630 valence electrons. The van der Waals surface area contributed by atoms with Crippen molar-refractivity contribution in [3.8, 4) is 0 Å². The van der Waals surface area contributed by atoms with E-state index >= 15 is 0 Å². The van der Waals surface area contributed by atoms with Gasteiger partial charge in [0.15, 0.2) is 12.2 Å². The second kappa shape index (κ2) is 78.3. The molecule has 0 spiro atoms. The average molecular weight is 1550 g/mol. The lowest BCUT2D eigenvalue weighted by atomic mass is 10.0. The smallest absolute Gasteiger partial charge is 0.462 e. The monoisotopic (exact) mass is 1550 g/mol. The van der Waals surface area contributed by atoms with Crippen molar-refractivity contribution in [3.05, 3.63) is 0 Å². The summed E-state index contributed by atoms with van der Waals surface area (Å²) in [6, 6.07) is 0. The number of carbonyl (C=O) groups excluding carboxylic acids is 4. The van der Waals surface area contributed by atoms with Crippen molar-refractivity contribution in [1.82, 2.24) is 0 Å². The van der Waals surface area contributed by atoms with Gasteiger partial charge in [0, 0.05) is 25.7 Å². The Hall–Kier alpha value is -1.94. The number of phosphoric acid groups is 2. The second-order valence-electron chi connectivity index (χ2n) is 32.2. The van der Waals surface area contributed by atoms with Gasteiger partial charge in [-0.05, 0) is 37.5 Å². The fraction of sp³-hybridized carbons (Fsp3) is 0.954. The van der Waals surface area contributed by atoms with E-state index in [1.54, 1.807) is 0 Å². The van der Waals surface area contributed by atoms with Gasteiger partial charge in [-0.25, -0.2) is 9.13 Å². The third kappa shape index (κ3) is 80.1. The first kappa shape index (κ1) is 104. The summed E-state index contributed by atoms with van der Waals surface area (Å²) in [7, 11) is -9.93. The highest BCUT2D eigenvalue weighted by Crippen LogP contribution is 2.45. The summed E-state index contributed by atoms with van der Waals surface area (Å²) < 4.78 is 68.9. The van der Waals surface area contributed by atoms with Crippen molar-refractivity contribution < 1.29 is 80.2 Å². The van der Waals surface area contributed by atoms with Crippen LogP contribution in [0.1, 0.15) is 465 Å². The second-order valence-corrected chi connectivity index (χ2v) is 35.1. The summed E-state index contributed by atoms with van der Waals surface area (Å²) in [6.07, 6.45) is 71.1. The van der Waals surface area contributed by atoms with E-state index < -0.39 is 97.5 Å². The third-order valence-corrected chi connectivity index (χ3v) is 22.4. The van der Waals surface area contributed by atoms with Crippen LogP contribution in [0.3, 0.4) is 0 Å². The molecule has 3 N–H and O–H groups in total. The molecule has 5 atom stereocenters. The Balaban J connectivity index is 5.20. The van der Waals surface area contributed by atoms with Crippen LogP contribution in [0, 0.1) is 11.8 Å². The molecule has 0 radical (unpaired) electrons. The van der Waals surface area contributed by atoms with Crippen LogP contribution >= 0.6 is 15.6 Å². The molecule has 0 aliphatic rings. The number of carbonyl (C=O) groups is 4. The van der Waals surface area contributed by atoms with Crippen LogP contribution < -0.4 is 0 Å². The maximum absolute atomic E-state index is 13.2. The lowest BCUT2D eigenvalue weighted by Crippen LogP contribution is -2.30. The Morgan fingerprint density at radius 2 is 0.434 bits per heavy atom. The molecular formula is C87H170O17P2. The van der Waals surface area contributed by atoms with E-state index in [0.29, 0.717) is 31.6 Å². The van der Waals surface area contributed by atoms with Crippen molar-refractivity contribution in [1.29, 1.82) is 0 Å². The minimum Gasteiger partial charge on any atom is -0.462 e. The first-order chi connectivity index (χ1) is 51.4. The number of aliphatic hydroxyl groups is 1. The van der Waals surface area contributed by atoms with E-state index in [-0.39, 0.29) is 25.7 Å². The van der Waals surface area contributed by atoms with Crippen LogP contribution in [0.15, 0.2) is 0 Å². The lowest BCUT2D eigenvalue weighted by Gasteiger charge is -2.21. The normalized spacial score (nSPS) is 13.8. The summed E-state index contributed by atoms with van der Waals surface area (Å²) in [5.74, 6) is -0.630. The van der Waals surface area contributed by atoms with E-state index in [9.17, 15) is 43.2 Å². The number of unbranched alkanes of at least 4 members (excludes halogenated alkanes) is 56. The molecule has 19 heteroatoms. The molecule has 0 rings (SSSR count). The van der Waals surface area contributed by atoms with Gasteiger partial charge in [0.2, 0.25) is 0 Å². The van der Waals surface area contributed by atoms with Crippen molar-refractivity contribution in [3.63, 3.8) is 0 Å². The van der Waals surface area contributed by atoms with Crippen molar-refractivity contribution >= 4 is 39.5 Å². The minimum absolute atomic E-state index is 0.107. The number of aliphatic hydroxyl groups excluding tert-OH is 1. The van der Waals surface area contributed by atoms with Crippen LogP contribution in [0.2, 0.25) is 0 Å². The zero-order valence-electron chi connectivity index (χ0n) is 69.7. The SMILES string of the molecule is CCCCCCCCCCCCCCCCCCCCCCCCC(=O)O[C@H](COC(=O)CCCCCCCCCCCCCCCCCCCC)COP(=O)(O)OC[C@@H](O)COP(=O)(O)OC[C@@H](COC(=O)CCCCCCCCC(C)C)OC(=O)CCCCCCCCCCCCCCCCC(C)C. The maximum Gasteiger partial charge on any atom is 0.472 e. The van der Waals surface area contributed by atoms with Crippen LogP contribution in [0.25, 0.3) is 0 Å². The lowest BCUT2D eigenvalue weighted by molar-refractivity contribution is -0.161. The maximum atomic E-state index is 13.2. The largest absolute Gasteiger partial charge is 0.472 e. The van der Waals surface area contributed by atoms with E-state index in [4.69, 9.17) is 37.0 Å². The van der Waals surface area contributed by atoms with Gasteiger partial charge in [-0.3, -0.25) is 37.3 Å². The fourth-order valence-electron chi connectivity index (χ4n) is 13.6. The first-order valence-corrected chi connectivity index (χ1v) is 48.0. The molecule has 0 saturated heterocycles. The van der Waals surface area contributed by atoms with Gasteiger partial charge in [0.1, 0.15) is 19.3 Å². The van der Waals surface area contributed by atoms with Gasteiger partial charge in [0.25, 0.3) is 0 Å². The number of hydrogen-bond donors (Lipinski definition) is 3. The summed E-state index contributed by atoms with van der Waals surface area (Å²) in [5, 5.41) is 10.7. The number of hydrogen-bond acceptors (Lipinski definition) is 15. The van der Waals surface area contributed by atoms with Crippen molar-refractivity contribution in [2.45, 2.75) is 484 Å². The number of esters is 4. The molecule has 0 amide bonds. The number of ether oxygens (including phenoxy) is 4. The molecule has 2 unspecified atom stereocenters. The van der Waals surface area contributed by atoms with E-state index in [1.807, 2.05) is 0 Å². The molecule has 106 heavy (non-hydrogen) atoms. The van der Waals surface area contributed by atoms with E-state index in [0.717, 1.165) is 102 Å². The molecular weight excluding hydrogens is 1380 g/mol. The Kier molecular flexibility index (Phi) is 76.9. The Labute approximate surface area is 651 Å². The number of rotatable bonds is 86. The summed E-state index contributed by atoms with van der Waals surface area (Å²) in [4.78, 5) is 73.2. The molecule has 0 aliphatic carbocycles. The molecule has 0 aliphatic heterocycles. The molecule has 0 bridgehead atoms. The van der Waals surface area contributed by atoms with E-state index in [1.165, 1.54) is 276 Å². The fourth-order valence-corrected chi connectivity index (χ4v) is 15.2. The molecule has 0 fully saturated rings. The quantitative estimate of drug-likeness (QED) is 0.0222. The zero-order valence-corrected chi connectivity index (χ0v) is 71.5. The third-order valence-electron chi connectivity index (χ3n) is 20.5. The summed E-state index contributed by atoms with van der Waals surface area (Å²) >= 11 is 0. The molecule has 0 saturated carbocycles. The Morgan fingerprint density at radius 1 is 0.255 bits per heavy atom. The molecule has 0 aromatic heterocycles. The van der Waals surface area contributed by atoms with Crippen LogP contribution in [0.5, 0.6) is 0 Å². The molecule has 17 nitrogen and oxygen atoms in total. The number of phosphoric ester groups is 2.